The third-order valence-corrected chi connectivity index (χ3v) is 6.59. The van der Waals surface area contributed by atoms with E-state index in [0.717, 1.165) is 17.5 Å². The Morgan fingerprint density at radius 3 is 2.59 bits per heavy atom. The van der Waals surface area contributed by atoms with Crippen molar-refractivity contribution < 1.29 is 28.6 Å². The van der Waals surface area contributed by atoms with Gasteiger partial charge in [0.15, 0.2) is 23.5 Å². The molecule has 0 bridgehead atoms. The molecule has 1 aromatic carbocycles. The summed E-state index contributed by atoms with van der Waals surface area (Å²) in [5.74, 6) is -1.49. The van der Waals surface area contributed by atoms with Crippen LogP contribution in [0.2, 0.25) is 0 Å². The second-order valence-electron chi connectivity index (χ2n) is 10.5. The summed E-state index contributed by atoms with van der Waals surface area (Å²) in [6, 6.07) is 3.27. The summed E-state index contributed by atoms with van der Waals surface area (Å²) in [6.07, 6.45) is 3.25. The first-order valence-electron chi connectivity index (χ1n) is 12.3. The van der Waals surface area contributed by atoms with Crippen molar-refractivity contribution in [3.05, 3.63) is 52.1 Å². The van der Waals surface area contributed by atoms with Gasteiger partial charge < -0.3 is 19.1 Å². The molecule has 1 aliphatic rings. The Morgan fingerprint density at radius 1 is 1.27 bits per heavy atom. The number of carboxylic acid groups (broad SMARTS) is 1. The van der Waals surface area contributed by atoms with E-state index in [4.69, 9.17) is 14.5 Å². The number of hydrogen-bond acceptors (Lipinski definition) is 5. The number of hydrogen-bond donors (Lipinski definition) is 1. The van der Waals surface area contributed by atoms with Gasteiger partial charge in [0.2, 0.25) is 0 Å². The Kier molecular flexibility index (Phi) is 6.99. The number of aliphatic carboxylic acids is 1. The molecule has 3 heterocycles. The zero-order valence-electron chi connectivity index (χ0n) is 22.4. The second kappa shape index (κ2) is 9.74. The first-order valence-corrected chi connectivity index (χ1v) is 12.3. The molecule has 0 amide bonds. The highest BCUT2D eigenvalue weighted by Crippen LogP contribution is 2.44. The van der Waals surface area contributed by atoms with Gasteiger partial charge in [0.25, 0.3) is 0 Å². The molecule has 0 radical (unpaired) electrons. The van der Waals surface area contributed by atoms with Gasteiger partial charge in [-0.05, 0) is 89.8 Å². The van der Waals surface area contributed by atoms with Crippen molar-refractivity contribution in [2.45, 2.75) is 66.1 Å². The van der Waals surface area contributed by atoms with Crippen molar-refractivity contribution in [1.29, 1.82) is 0 Å². The lowest BCUT2D eigenvalue weighted by atomic mass is 9.86. The summed E-state index contributed by atoms with van der Waals surface area (Å²) in [5.41, 5.74) is 4.12. The van der Waals surface area contributed by atoms with Crippen molar-refractivity contribution in [2.75, 3.05) is 6.61 Å². The Labute approximate surface area is 215 Å². The van der Waals surface area contributed by atoms with Crippen molar-refractivity contribution in [1.82, 2.24) is 9.55 Å². The van der Waals surface area contributed by atoms with E-state index in [2.05, 4.69) is 0 Å². The van der Waals surface area contributed by atoms with E-state index in [1.807, 2.05) is 24.6 Å². The Bertz CT molecular complexity index is 1450. The van der Waals surface area contributed by atoms with Gasteiger partial charge in [-0.2, -0.15) is 0 Å². The lowest BCUT2D eigenvalue weighted by molar-refractivity contribution is -0.160. The molecule has 7 nitrogen and oxygen atoms in total. The van der Waals surface area contributed by atoms with Crippen LogP contribution in [0.1, 0.15) is 68.3 Å². The summed E-state index contributed by atoms with van der Waals surface area (Å²) in [6.45, 7) is 10.9. The molecule has 0 saturated heterocycles. The smallest absolute Gasteiger partial charge is 0.337 e. The van der Waals surface area contributed by atoms with Gasteiger partial charge in [-0.15, -0.1) is 0 Å². The summed E-state index contributed by atoms with van der Waals surface area (Å²) in [5, 5.41) is 10.9. The zero-order chi connectivity index (χ0) is 27.2. The molecule has 0 spiro atoms. The van der Waals surface area contributed by atoms with E-state index in [1.54, 1.807) is 33.8 Å². The van der Waals surface area contributed by atoms with Crippen LogP contribution in [0.3, 0.4) is 0 Å². The quantitative estimate of drug-likeness (QED) is 0.419. The molecule has 0 saturated carbocycles. The molecule has 196 valence electrons. The molecule has 8 heteroatoms. The molecule has 0 aliphatic carbocycles. The molecule has 1 aliphatic heterocycles. The van der Waals surface area contributed by atoms with E-state index in [-0.39, 0.29) is 11.5 Å². The number of halogens is 1. The van der Waals surface area contributed by atoms with Crippen LogP contribution in [0.25, 0.3) is 28.2 Å². The van der Waals surface area contributed by atoms with E-state index >= 15 is 4.39 Å². The van der Waals surface area contributed by atoms with Gasteiger partial charge in [-0.1, -0.05) is 0 Å². The van der Waals surface area contributed by atoms with Crippen molar-refractivity contribution >= 4 is 28.9 Å². The highest BCUT2D eigenvalue weighted by atomic mass is 19.1. The first kappa shape index (κ1) is 26.5. The molecule has 2 aromatic heterocycles. The van der Waals surface area contributed by atoms with Crippen LogP contribution in [-0.4, -0.2) is 38.6 Å². The summed E-state index contributed by atoms with van der Waals surface area (Å²) in [4.78, 5) is 29.0. The number of aryl methyl sites for hydroxylation is 2. The van der Waals surface area contributed by atoms with Gasteiger partial charge >= 0.3 is 5.97 Å². The number of rotatable bonds is 6. The Hall–Kier alpha value is -3.52. The lowest BCUT2D eigenvalue weighted by Crippen LogP contribution is -2.28. The van der Waals surface area contributed by atoms with Crippen LogP contribution in [0.5, 0.6) is 5.75 Å². The number of nitrogens with zero attached hydrogens (tertiary/aromatic N) is 2. The maximum Gasteiger partial charge on any atom is 0.337 e. The first-order chi connectivity index (χ1) is 17.3. The minimum atomic E-state index is -1.34. The van der Waals surface area contributed by atoms with E-state index in [9.17, 15) is 14.7 Å². The molecular formula is C29H33FN2O5. The molecule has 1 atom stereocenters. The highest BCUT2D eigenvalue weighted by molar-refractivity contribution is 6.01. The molecular weight excluding hydrogens is 475 g/mol. The minimum absolute atomic E-state index is 0.104. The molecule has 0 fully saturated rings. The fourth-order valence-electron chi connectivity index (χ4n) is 4.95. The standard InChI is InChI=1S/C29H33FN2O5/c1-15(33)10-11-18-13-21-24(20-14-22(30)25-19(16(20)2)9-8-12-36-25)23(17(3)31-27(21)32(18)7)26(28(34)35)37-29(4,5)6/h10-11,13-14,26H,8-9,12H2,1-7H3,(H,34,35)/b11-10+/t26-/m0/s1. The number of fused-ring (bicyclic) bond motifs is 2. The minimum Gasteiger partial charge on any atom is -0.490 e. The van der Waals surface area contributed by atoms with Crippen LogP contribution in [0, 0.1) is 19.7 Å². The fourth-order valence-corrected chi connectivity index (χ4v) is 4.95. The fraction of sp³-hybridized carbons (Fsp3) is 0.414. The predicted octanol–water partition coefficient (Wildman–Crippen LogP) is 5.86. The lowest BCUT2D eigenvalue weighted by Gasteiger charge is -2.29. The Balaban J connectivity index is 2.14. The number of carbonyl (C=O) groups is 2. The summed E-state index contributed by atoms with van der Waals surface area (Å²) in [7, 11) is 1.83. The highest BCUT2D eigenvalue weighted by Gasteiger charge is 2.34. The van der Waals surface area contributed by atoms with Crippen LogP contribution in [0.15, 0.2) is 18.2 Å². The van der Waals surface area contributed by atoms with Crippen molar-refractivity contribution in [3.8, 4) is 16.9 Å². The number of aromatic nitrogens is 2. The van der Waals surface area contributed by atoms with Crippen LogP contribution < -0.4 is 4.74 Å². The van der Waals surface area contributed by atoms with Crippen LogP contribution in [0.4, 0.5) is 4.39 Å². The van der Waals surface area contributed by atoms with Crippen molar-refractivity contribution in [3.63, 3.8) is 0 Å². The number of carboxylic acids is 1. The van der Waals surface area contributed by atoms with Crippen LogP contribution in [-0.2, 0) is 27.8 Å². The summed E-state index contributed by atoms with van der Waals surface area (Å²) >= 11 is 0. The number of carbonyl (C=O) groups excluding carboxylic acids is 1. The zero-order valence-corrected chi connectivity index (χ0v) is 22.4. The maximum absolute atomic E-state index is 15.4. The van der Waals surface area contributed by atoms with Gasteiger partial charge in [-0.3, -0.25) is 4.79 Å². The molecule has 4 rings (SSSR count). The monoisotopic (exact) mass is 508 g/mol. The summed E-state index contributed by atoms with van der Waals surface area (Å²) < 4.78 is 28.9. The number of ketones is 1. The largest absolute Gasteiger partial charge is 0.490 e. The molecule has 0 unspecified atom stereocenters. The number of benzene rings is 1. The van der Waals surface area contributed by atoms with Gasteiger partial charge in [-0.25, -0.2) is 14.2 Å². The average Bonchev–Trinajstić information content (AvgIpc) is 3.12. The van der Waals surface area contributed by atoms with Gasteiger partial charge in [0, 0.05) is 40.5 Å². The average molecular weight is 509 g/mol. The predicted molar refractivity (Wildman–Crippen MR) is 140 cm³/mol. The maximum atomic E-state index is 15.4. The van der Waals surface area contributed by atoms with Crippen molar-refractivity contribution in [2.24, 2.45) is 7.05 Å². The Morgan fingerprint density at radius 2 is 1.97 bits per heavy atom. The van der Waals surface area contributed by atoms with Crippen LogP contribution >= 0.6 is 0 Å². The third kappa shape index (κ3) is 5.03. The second-order valence-corrected chi connectivity index (χ2v) is 10.5. The number of pyridine rings is 1. The number of allylic oxidation sites excluding steroid dienone is 1. The SMILES string of the molecule is CC(=O)/C=C/c1cc2c(-c3cc(F)c4c(c3C)CCCO4)c([C@H](OC(C)(C)C)C(=O)O)c(C)nc2n1C. The van der Waals surface area contributed by atoms with E-state index in [0.29, 0.717) is 52.1 Å². The molecule has 1 N–H and O–H groups in total. The van der Waals surface area contributed by atoms with E-state index in [1.165, 1.54) is 19.1 Å². The van der Waals surface area contributed by atoms with E-state index < -0.39 is 23.5 Å². The normalized spacial score (nSPS) is 14.6. The molecule has 3 aromatic rings. The van der Waals surface area contributed by atoms with Gasteiger partial charge in [0.05, 0.1) is 12.2 Å². The molecule has 37 heavy (non-hydrogen) atoms. The van der Waals surface area contributed by atoms with Gasteiger partial charge in [0.1, 0.15) is 5.65 Å². The topological polar surface area (TPSA) is 90.7 Å². The number of ether oxygens (including phenoxy) is 2. The third-order valence-electron chi connectivity index (χ3n) is 6.59.